The third-order valence-electron chi connectivity index (χ3n) is 5.43. The van der Waals surface area contributed by atoms with E-state index in [2.05, 4.69) is 5.32 Å². The smallest absolute Gasteiger partial charge is 0.274 e. The van der Waals surface area contributed by atoms with Crippen molar-refractivity contribution in [2.75, 3.05) is 7.05 Å². The van der Waals surface area contributed by atoms with Crippen LogP contribution in [0.1, 0.15) is 41.6 Å². The molecule has 2 aliphatic rings. The Morgan fingerprint density at radius 3 is 2.38 bits per heavy atom. The molecule has 1 aromatic carbocycles. The number of hydrogen-bond acceptors (Lipinski definition) is 6. The second-order valence-corrected chi connectivity index (χ2v) is 8.66. The van der Waals surface area contributed by atoms with Crippen LogP contribution in [0, 0.1) is 17.0 Å². The van der Waals surface area contributed by atoms with Crippen molar-refractivity contribution in [1.82, 2.24) is 10.2 Å². The highest BCUT2D eigenvalue weighted by molar-refractivity contribution is 7.89. The summed E-state index contributed by atoms with van der Waals surface area (Å²) in [6.45, 7) is 1.44. The van der Waals surface area contributed by atoms with Crippen molar-refractivity contribution in [2.45, 2.75) is 55.6 Å². The zero-order chi connectivity index (χ0) is 19.2. The summed E-state index contributed by atoms with van der Waals surface area (Å²) in [5.41, 5.74) is -0.300. The Morgan fingerprint density at radius 1 is 1.31 bits per heavy atom. The fourth-order valence-corrected chi connectivity index (χ4v) is 4.51. The van der Waals surface area contributed by atoms with E-state index in [4.69, 9.17) is 5.14 Å². The number of nitrogens with one attached hydrogen (secondary N) is 1. The quantitative estimate of drug-likeness (QED) is 0.587. The monoisotopic (exact) mass is 382 g/mol. The molecule has 0 aromatic heterocycles. The first-order chi connectivity index (χ1) is 12.1. The molecule has 2 aliphatic heterocycles. The Kier molecular flexibility index (Phi) is 4.76. The maximum atomic E-state index is 13.0. The van der Waals surface area contributed by atoms with E-state index in [1.54, 1.807) is 11.9 Å². The van der Waals surface area contributed by atoms with E-state index in [1.807, 2.05) is 0 Å². The van der Waals surface area contributed by atoms with Crippen molar-refractivity contribution in [1.29, 1.82) is 0 Å². The molecule has 2 saturated heterocycles. The summed E-state index contributed by atoms with van der Waals surface area (Å²) in [4.78, 5) is 24.7. The number of nitro benzene ring substituents is 1. The summed E-state index contributed by atoms with van der Waals surface area (Å²) < 4.78 is 23.4. The van der Waals surface area contributed by atoms with Gasteiger partial charge in [-0.3, -0.25) is 14.9 Å². The van der Waals surface area contributed by atoms with Crippen molar-refractivity contribution >= 4 is 21.6 Å². The molecule has 2 atom stereocenters. The standard InChI is InChI=1S/C16H22N4O5S/c1-9-14(7-13(26(17,24)25)8-15(9)20(22)23)16(21)19(2)12-5-10-3-4-11(6-12)18-10/h7-8,10-12,18H,3-6H2,1-2H3,(H2,17,24,25). The number of fused-ring (bicyclic) bond motifs is 2. The first-order valence-corrected chi connectivity index (χ1v) is 9.97. The highest BCUT2D eigenvalue weighted by atomic mass is 32.2. The zero-order valence-electron chi connectivity index (χ0n) is 14.6. The summed E-state index contributed by atoms with van der Waals surface area (Å²) >= 11 is 0. The first kappa shape index (κ1) is 18.7. The van der Waals surface area contributed by atoms with E-state index < -0.39 is 31.4 Å². The van der Waals surface area contributed by atoms with Crippen molar-refractivity contribution < 1.29 is 18.1 Å². The lowest BCUT2D eigenvalue weighted by atomic mass is 9.97. The number of primary sulfonamides is 1. The molecule has 142 valence electrons. The number of amides is 1. The molecule has 2 unspecified atom stereocenters. The van der Waals surface area contributed by atoms with Gasteiger partial charge < -0.3 is 10.2 Å². The van der Waals surface area contributed by atoms with Gasteiger partial charge in [-0.15, -0.1) is 0 Å². The number of benzene rings is 1. The van der Waals surface area contributed by atoms with E-state index in [1.165, 1.54) is 6.92 Å². The number of nitrogens with zero attached hydrogens (tertiary/aromatic N) is 2. The highest BCUT2D eigenvalue weighted by Crippen LogP contribution is 2.31. The minimum Gasteiger partial charge on any atom is -0.339 e. The molecule has 3 N–H and O–H groups in total. The van der Waals surface area contributed by atoms with Gasteiger partial charge in [-0.05, 0) is 38.7 Å². The predicted molar refractivity (Wildman–Crippen MR) is 94.3 cm³/mol. The summed E-state index contributed by atoms with van der Waals surface area (Å²) in [5, 5.41) is 19.9. The number of carbonyl (C=O) groups is 1. The first-order valence-electron chi connectivity index (χ1n) is 8.43. The van der Waals surface area contributed by atoms with Gasteiger partial charge in [-0.2, -0.15) is 0 Å². The van der Waals surface area contributed by atoms with Crippen LogP contribution in [0.5, 0.6) is 0 Å². The number of carbonyl (C=O) groups excluding carboxylic acids is 1. The van der Waals surface area contributed by atoms with Gasteiger partial charge in [-0.1, -0.05) is 0 Å². The van der Waals surface area contributed by atoms with Crippen LogP contribution in [0.4, 0.5) is 5.69 Å². The minimum absolute atomic E-state index is 0.00314. The Hall–Kier alpha value is -2.04. The van der Waals surface area contributed by atoms with Gasteiger partial charge in [0.25, 0.3) is 11.6 Å². The average Bonchev–Trinajstić information content (AvgIpc) is 2.90. The molecule has 26 heavy (non-hydrogen) atoms. The van der Waals surface area contributed by atoms with Crippen LogP contribution in [-0.2, 0) is 10.0 Å². The SMILES string of the molecule is Cc1c(C(=O)N(C)C2CC3CCC(C2)N3)cc(S(N)(=O)=O)cc1[N+](=O)[O-]. The third kappa shape index (κ3) is 3.44. The largest absolute Gasteiger partial charge is 0.339 e. The summed E-state index contributed by atoms with van der Waals surface area (Å²) in [6, 6.07) is 2.79. The van der Waals surface area contributed by atoms with Crippen LogP contribution >= 0.6 is 0 Å². The lowest BCUT2D eigenvalue weighted by Crippen LogP contribution is -2.48. The average molecular weight is 382 g/mol. The maximum Gasteiger partial charge on any atom is 0.274 e. The predicted octanol–water partition coefficient (Wildman–Crippen LogP) is 0.906. The van der Waals surface area contributed by atoms with Crippen LogP contribution in [-0.4, -0.2) is 49.3 Å². The van der Waals surface area contributed by atoms with E-state index in [-0.39, 0.29) is 17.2 Å². The topological polar surface area (TPSA) is 136 Å². The van der Waals surface area contributed by atoms with Crippen LogP contribution in [0.2, 0.25) is 0 Å². The van der Waals surface area contributed by atoms with E-state index >= 15 is 0 Å². The van der Waals surface area contributed by atoms with Crippen LogP contribution in [0.3, 0.4) is 0 Å². The number of nitro groups is 1. The number of nitrogens with two attached hydrogens (primary N) is 1. The Bertz CT molecular complexity index is 858. The van der Waals surface area contributed by atoms with E-state index in [0.717, 1.165) is 37.8 Å². The number of hydrogen-bond donors (Lipinski definition) is 2. The van der Waals surface area contributed by atoms with Gasteiger partial charge in [0.2, 0.25) is 10.0 Å². The Labute approximate surface area is 151 Å². The van der Waals surface area contributed by atoms with Crippen LogP contribution in [0.15, 0.2) is 17.0 Å². The van der Waals surface area contributed by atoms with Gasteiger partial charge in [0.05, 0.1) is 15.4 Å². The summed E-state index contributed by atoms with van der Waals surface area (Å²) in [7, 11) is -2.52. The molecule has 2 bridgehead atoms. The summed E-state index contributed by atoms with van der Waals surface area (Å²) in [6.07, 6.45) is 3.78. The minimum atomic E-state index is -4.17. The third-order valence-corrected chi connectivity index (χ3v) is 6.32. The fourth-order valence-electron chi connectivity index (χ4n) is 3.95. The number of rotatable bonds is 4. The number of piperidine rings is 1. The van der Waals surface area contributed by atoms with Gasteiger partial charge in [0.15, 0.2) is 0 Å². The summed E-state index contributed by atoms with van der Waals surface area (Å²) in [5.74, 6) is -0.428. The van der Waals surface area contributed by atoms with E-state index in [9.17, 15) is 23.3 Å². The molecule has 3 rings (SSSR count). The number of sulfonamides is 1. The maximum absolute atomic E-state index is 13.0. The van der Waals surface area contributed by atoms with Crippen molar-refractivity contribution in [3.63, 3.8) is 0 Å². The Balaban J connectivity index is 1.97. The molecule has 1 aromatic rings. The molecule has 0 saturated carbocycles. The lowest BCUT2D eigenvalue weighted by Gasteiger charge is -2.35. The molecule has 2 fully saturated rings. The van der Waals surface area contributed by atoms with Crippen molar-refractivity contribution in [2.24, 2.45) is 5.14 Å². The van der Waals surface area contributed by atoms with Gasteiger partial charge >= 0.3 is 0 Å². The molecular formula is C16H22N4O5S. The second-order valence-electron chi connectivity index (χ2n) is 7.10. The molecule has 0 radical (unpaired) electrons. The molecule has 10 heteroatoms. The van der Waals surface area contributed by atoms with Gasteiger partial charge in [-0.25, -0.2) is 13.6 Å². The lowest BCUT2D eigenvalue weighted by molar-refractivity contribution is -0.385. The fraction of sp³-hybridized carbons (Fsp3) is 0.562. The highest BCUT2D eigenvalue weighted by Gasteiger charge is 2.37. The zero-order valence-corrected chi connectivity index (χ0v) is 15.5. The molecule has 0 aliphatic carbocycles. The van der Waals surface area contributed by atoms with Crippen LogP contribution in [0.25, 0.3) is 0 Å². The van der Waals surface area contributed by atoms with Gasteiger partial charge in [0, 0.05) is 36.8 Å². The molecule has 0 spiro atoms. The van der Waals surface area contributed by atoms with Crippen LogP contribution < -0.4 is 10.5 Å². The van der Waals surface area contributed by atoms with Crippen molar-refractivity contribution in [3.8, 4) is 0 Å². The van der Waals surface area contributed by atoms with Crippen molar-refractivity contribution in [3.05, 3.63) is 33.4 Å². The molecule has 9 nitrogen and oxygen atoms in total. The van der Waals surface area contributed by atoms with E-state index in [0.29, 0.717) is 12.1 Å². The molecule has 1 amide bonds. The molecule has 2 heterocycles. The normalized spacial score (nSPS) is 25.1. The van der Waals surface area contributed by atoms with Gasteiger partial charge in [0.1, 0.15) is 0 Å². The molecular weight excluding hydrogens is 360 g/mol. The Morgan fingerprint density at radius 2 is 1.88 bits per heavy atom. The second kappa shape index (κ2) is 6.60.